The fraction of sp³-hybridized carbons (Fsp3) is 0.429. The smallest absolute Gasteiger partial charge is 0.224 e. The largest absolute Gasteiger partial charge is 0.550 e. The number of phenols is 1. The first-order valence-corrected chi connectivity index (χ1v) is 6.13. The average molecular weight is 264 g/mol. The van der Waals surface area contributed by atoms with E-state index in [2.05, 4.69) is 5.32 Å². The van der Waals surface area contributed by atoms with Gasteiger partial charge in [0.15, 0.2) is 0 Å². The van der Waals surface area contributed by atoms with E-state index in [9.17, 15) is 19.8 Å². The lowest BCUT2D eigenvalue weighted by molar-refractivity contribution is -0.308. The minimum Gasteiger partial charge on any atom is -0.550 e. The number of carboxylic acid groups (broad SMARTS) is 1. The van der Waals surface area contributed by atoms with Gasteiger partial charge in [0, 0.05) is 24.1 Å². The van der Waals surface area contributed by atoms with Crippen molar-refractivity contribution in [1.82, 2.24) is 0 Å². The summed E-state index contributed by atoms with van der Waals surface area (Å²) in [4.78, 5) is 22.6. The number of anilines is 1. The number of aliphatic carboxylic acids is 1. The molecule has 19 heavy (non-hydrogen) atoms. The van der Waals surface area contributed by atoms with E-state index < -0.39 is 11.4 Å². The number of carboxylic acids is 1. The number of rotatable bonds is 6. The van der Waals surface area contributed by atoms with Crippen molar-refractivity contribution in [2.75, 3.05) is 5.32 Å². The lowest BCUT2D eigenvalue weighted by Gasteiger charge is -2.27. The predicted molar refractivity (Wildman–Crippen MR) is 69.4 cm³/mol. The van der Waals surface area contributed by atoms with E-state index >= 15 is 0 Å². The van der Waals surface area contributed by atoms with Gasteiger partial charge in [-0.2, -0.15) is 0 Å². The highest BCUT2D eigenvalue weighted by Gasteiger charge is 2.26. The van der Waals surface area contributed by atoms with Crippen LogP contribution in [0.5, 0.6) is 5.75 Å². The van der Waals surface area contributed by atoms with E-state index in [1.807, 2.05) is 6.92 Å². The molecule has 0 fully saturated rings. The van der Waals surface area contributed by atoms with Gasteiger partial charge in [0.1, 0.15) is 5.75 Å². The maximum absolute atomic E-state index is 11.9. The van der Waals surface area contributed by atoms with Gasteiger partial charge in [-0.3, -0.25) is 4.79 Å². The Morgan fingerprint density at radius 2 is 2.05 bits per heavy atom. The lowest BCUT2D eigenvalue weighted by atomic mass is 9.80. The first-order valence-electron chi connectivity index (χ1n) is 6.13. The normalized spacial score (nSPS) is 13.6. The Bertz CT molecular complexity index is 472. The summed E-state index contributed by atoms with van der Waals surface area (Å²) in [5.74, 6) is -1.38. The Hall–Kier alpha value is -2.04. The maximum atomic E-state index is 11.9. The molecular weight excluding hydrogens is 246 g/mol. The summed E-state index contributed by atoms with van der Waals surface area (Å²) in [6.45, 7) is 3.58. The number of carbonyl (C=O) groups is 2. The second-order valence-electron chi connectivity index (χ2n) is 4.99. The van der Waals surface area contributed by atoms with Gasteiger partial charge in [-0.25, -0.2) is 0 Å². The number of phenolic OH excluding ortho intramolecular Hbond substituents is 1. The molecule has 1 atom stereocenters. The van der Waals surface area contributed by atoms with Crippen molar-refractivity contribution in [3.8, 4) is 5.75 Å². The summed E-state index contributed by atoms with van der Waals surface area (Å²) in [7, 11) is 0. The minimum atomic E-state index is -1.16. The van der Waals surface area contributed by atoms with Crippen LogP contribution < -0.4 is 10.4 Å². The van der Waals surface area contributed by atoms with Crippen LogP contribution >= 0.6 is 0 Å². The van der Waals surface area contributed by atoms with Gasteiger partial charge in [0.25, 0.3) is 0 Å². The fourth-order valence-corrected chi connectivity index (χ4v) is 1.84. The van der Waals surface area contributed by atoms with Crippen molar-refractivity contribution < 1.29 is 19.8 Å². The van der Waals surface area contributed by atoms with Crippen LogP contribution in [-0.4, -0.2) is 17.0 Å². The molecule has 0 saturated heterocycles. The summed E-state index contributed by atoms with van der Waals surface area (Å²) in [5, 5.41) is 22.6. The molecule has 0 spiro atoms. The second-order valence-corrected chi connectivity index (χ2v) is 4.99. The molecule has 104 valence electrons. The molecule has 5 heteroatoms. The fourth-order valence-electron chi connectivity index (χ4n) is 1.84. The number of hydrogen-bond acceptors (Lipinski definition) is 4. The highest BCUT2D eigenvalue weighted by atomic mass is 16.4. The highest BCUT2D eigenvalue weighted by molar-refractivity contribution is 5.91. The number of benzene rings is 1. The van der Waals surface area contributed by atoms with Gasteiger partial charge in [-0.05, 0) is 30.4 Å². The molecule has 5 nitrogen and oxygen atoms in total. The molecule has 1 aromatic carbocycles. The number of carbonyl (C=O) groups excluding carboxylic acids is 2. The molecule has 0 unspecified atom stereocenters. The standard InChI is InChI=1S/C14H19NO4/c1-3-14(2,9-13(18)19)8-12(17)15-10-5-4-6-11(16)7-10/h4-7,16H,3,8-9H2,1-2H3,(H,15,17)(H,18,19)/p-1/t14-/m0/s1. The molecule has 1 aromatic rings. The molecular formula is C14H18NO4-. The minimum absolute atomic E-state index is 0.0609. The van der Waals surface area contributed by atoms with E-state index in [4.69, 9.17) is 0 Å². The Morgan fingerprint density at radius 3 is 2.58 bits per heavy atom. The summed E-state index contributed by atoms with van der Waals surface area (Å²) in [5.41, 5.74) is -0.142. The second kappa shape index (κ2) is 6.22. The van der Waals surface area contributed by atoms with Gasteiger partial charge < -0.3 is 20.3 Å². The zero-order valence-corrected chi connectivity index (χ0v) is 11.1. The first-order chi connectivity index (χ1) is 8.84. The average Bonchev–Trinajstić information content (AvgIpc) is 2.27. The maximum Gasteiger partial charge on any atom is 0.224 e. The van der Waals surface area contributed by atoms with Crippen LogP contribution in [0.1, 0.15) is 33.1 Å². The molecule has 1 rings (SSSR count). The summed E-state index contributed by atoms with van der Waals surface area (Å²) in [6, 6.07) is 6.20. The van der Waals surface area contributed by atoms with Crippen molar-refractivity contribution in [3.63, 3.8) is 0 Å². The van der Waals surface area contributed by atoms with Crippen LogP contribution in [-0.2, 0) is 9.59 Å². The van der Waals surface area contributed by atoms with Crippen molar-refractivity contribution in [2.45, 2.75) is 33.1 Å². The van der Waals surface area contributed by atoms with Gasteiger partial charge in [0.2, 0.25) is 5.91 Å². The Balaban J connectivity index is 2.66. The van der Waals surface area contributed by atoms with E-state index in [0.717, 1.165) is 0 Å². The molecule has 0 heterocycles. The Morgan fingerprint density at radius 1 is 1.37 bits per heavy atom. The van der Waals surface area contributed by atoms with Crippen molar-refractivity contribution in [3.05, 3.63) is 24.3 Å². The van der Waals surface area contributed by atoms with Crippen molar-refractivity contribution in [1.29, 1.82) is 0 Å². The molecule has 0 aliphatic heterocycles. The SMILES string of the molecule is CC[C@](C)(CC(=O)[O-])CC(=O)Nc1cccc(O)c1. The van der Waals surface area contributed by atoms with E-state index in [0.29, 0.717) is 12.1 Å². The van der Waals surface area contributed by atoms with E-state index in [-0.39, 0.29) is 24.5 Å². The molecule has 0 aromatic heterocycles. The number of amides is 1. The monoisotopic (exact) mass is 264 g/mol. The van der Waals surface area contributed by atoms with Crippen LogP contribution in [0.4, 0.5) is 5.69 Å². The molecule has 0 aliphatic rings. The summed E-state index contributed by atoms with van der Waals surface area (Å²) in [6.07, 6.45) is 0.499. The van der Waals surface area contributed by atoms with E-state index in [1.54, 1.807) is 19.1 Å². The van der Waals surface area contributed by atoms with Crippen molar-refractivity contribution in [2.24, 2.45) is 5.41 Å². The third-order valence-corrected chi connectivity index (χ3v) is 3.14. The topological polar surface area (TPSA) is 89.5 Å². The number of nitrogens with one attached hydrogen (secondary N) is 1. The van der Waals surface area contributed by atoms with Gasteiger partial charge in [0.05, 0.1) is 0 Å². The third-order valence-electron chi connectivity index (χ3n) is 3.14. The lowest BCUT2D eigenvalue weighted by Crippen LogP contribution is -2.33. The predicted octanol–water partition coefficient (Wildman–Crippen LogP) is 1.28. The molecule has 2 N–H and O–H groups in total. The van der Waals surface area contributed by atoms with Crippen molar-refractivity contribution >= 4 is 17.6 Å². The third kappa shape index (κ3) is 4.99. The van der Waals surface area contributed by atoms with Crippen LogP contribution in [0.15, 0.2) is 24.3 Å². The molecule has 0 aliphatic carbocycles. The van der Waals surface area contributed by atoms with Gasteiger partial charge in [-0.15, -0.1) is 0 Å². The van der Waals surface area contributed by atoms with Crippen LogP contribution in [0.2, 0.25) is 0 Å². The highest BCUT2D eigenvalue weighted by Crippen LogP contribution is 2.30. The molecule has 0 bridgehead atoms. The van der Waals surface area contributed by atoms with Crippen LogP contribution in [0.25, 0.3) is 0 Å². The van der Waals surface area contributed by atoms with Gasteiger partial charge in [-0.1, -0.05) is 19.9 Å². The quantitative estimate of drug-likeness (QED) is 0.809. The number of aromatic hydroxyl groups is 1. The molecule has 0 radical (unpaired) electrons. The van der Waals surface area contributed by atoms with E-state index in [1.165, 1.54) is 12.1 Å². The summed E-state index contributed by atoms with van der Waals surface area (Å²) < 4.78 is 0. The van der Waals surface area contributed by atoms with Crippen LogP contribution in [0, 0.1) is 5.41 Å². The zero-order valence-electron chi connectivity index (χ0n) is 11.1. The number of hydrogen-bond donors (Lipinski definition) is 2. The zero-order chi connectivity index (χ0) is 14.5. The first kappa shape index (κ1) is 15.0. The summed E-state index contributed by atoms with van der Waals surface area (Å²) >= 11 is 0. The van der Waals surface area contributed by atoms with Crippen LogP contribution in [0.3, 0.4) is 0 Å². The molecule has 1 amide bonds. The Kier molecular flexibility index (Phi) is 4.92. The van der Waals surface area contributed by atoms with Gasteiger partial charge >= 0.3 is 0 Å². The molecule has 0 saturated carbocycles. The Labute approximate surface area is 112 Å².